The first-order valence-electron chi connectivity index (χ1n) is 5.19. The smallest absolute Gasteiger partial charge is 0.0494 e. The van der Waals surface area contributed by atoms with Gasteiger partial charge in [0.1, 0.15) is 0 Å². The maximum absolute atomic E-state index is 9.07. The zero-order valence-electron chi connectivity index (χ0n) is 8.77. The van der Waals surface area contributed by atoms with Crippen molar-refractivity contribution in [3.05, 3.63) is 0 Å². The predicted molar refractivity (Wildman–Crippen MR) is 54.8 cm³/mol. The van der Waals surface area contributed by atoms with Crippen LogP contribution >= 0.6 is 0 Å². The van der Waals surface area contributed by atoms with E-state index in [2.05, 4.69) is 24.5 Å². The van der Waals surface area contributed by atoms with Gasteiger partial charge in [-0.3, -0.25) is 0 Å². The highest BCUT2D eigenvalue weighted by molar-refractivity contribution is 4.78. The molecule has 0 radical (unpaired) electrons. The van der Waals surface area contributed by atoms with E-state index in [1.54, 1.807) is 0 Å². The number of nitrogens with one attached hydrogen (secondary N) is 2. The maximum atomic E-state index is 9.07. The SMILES string of the molecule is CC(C)(CO)CNC1CCNCC1. The van der Waals surface area contributed by atoms with Crippen LogP contribution in [-0.2, 0) is 0 Å². The molecule has 0 aromatic heterocycles. The molecule has 0 amide bonds. The van der Waals surface area contributed by atoms with E-state index in [-0.39, 0.29) is 12.0 Å². The normalized spacial score (nSPS) is 20.5. The minimum Gasteiger partial charge on any atom is -0.396 e. The molecule has 1 heterocycles. The maximum Gasteiger partial charge on any atom is 0.0494 e. The van der Waals surface area contributed by atoms with Crippen LogP contribution in [0, 0.1) is 5.41 Å². The summed E-state index contributed by atoms with van der Waals surface area (Å²) in [4.78, 5) is 0. The van der Waals surface area contributed by atoms with Gasteiger partial charge in [0.15, 0.2) is 0 Å². The van der Waals surface area contributed by atoms with E-state index in [9.17, 15) is 0 Å². The second kappa shape index (κ2) is 4.94. The van der Waals surface area contributed by atoms with Gasteiger partial charge in [-0.2, -0.15) is 0 Å². The van der Waals surface area contributed by atoms with Crippen molar-refractivity contribution in [2.75, 3.05) is 26.2 Å². The van der Waals surface area contributed by atoms with Crippen LogP contribution in [0.3, 0.4) is 0 Å². The van der Waals surface area contributed by atoms with Crippen LogP contribution < -0.4 is 10.6 Å². The highest BCUT2D eigenvalue weighted by Crippen LogP contribution is 2.13. The Balaban J connectivity index is 2.17. The van der Waals surface area contributed by atoms with E-state index in [1.165, 1.54) is 12.8 Å². The summed E-state index contributed by atoms with van der Waals surface area (Å²) >= 11 is 0. The van der Waals surface area contributed by atoms with E-state index < -0.39 is 0 Å². The van der Waals surface area contributed by atoms with Crippen molar-refractivity contribution < 1.29 is 5.11 Å². The zero-order chi connectivity index (χ0) is 9.73. The van der Waals surface area contributed by atoms with Crippen LogP contribution in [0.5, 0.6) is 0 Å². The Bertz CT molecular complexity index is 142. The number of aliphatic hydroxyl groups excluding tert-OH is 1. The van der Waals surface area contributed by atoms with Crippen LogP contribution in [0.15, 0.2) is 0 Å². The lowest BCUT2D eigenvalue weighted by Gasteiger charge is -2.29. The third-order valence-electron chi connectivity index (χ3n) is 2.64. The van der Waals surface area contributed by atoms with Crippen LogP contribution in [0.4, 0.5) is 0 Å². The monoisotopic (exact) mass is 186 g/mol. The largest absolute Gasteiger partial charge is 0.396 e. The third kappa shape index (κ3) is 4.07. The fourth-order valence-electron chi connectivity index (χ4n) is 1.50. The van der Waals surface area contributed by atoms with Crippen molar-refractivity contribution in [3.8, 4) is 0 Å². The van der Waals surface area contributed by atoms with Gasteiger partial charge in [0.05, 0.1) is 0 Å². The van der Waals surface area contributed by atoms with E-state index in [1.807, 2.05) is 0 Å². The lowest BCUT2D eigenvalue weighted by atomic mass is 9.94. The molecule has 0 bridgehead atoms. The number of aliphatic hydroxyl groups is 1. The van der Waals surface area contributed by atoms with Gasteiger partial charge in [-0.1, -0.05) is 13.8 Å². The first-order chi connectivity index (χ1) is 6.14. The fraction of sp³-hybridized carbons (Fsp3) is 1.00. The molecule has 3 heteroatoms. The van der Waals surface area contributed by atoms with E-state index in [0.29, 0.717) is 6.04 Å². The Kier molecular flexibility index (Phi) is 4.16. The molecule has 0 aliphatic carbocycles. The summed E-state index contributed by atoms with van der Waals surface area (Å²) in [6.45, 7) is 7.58. The summed E-state index contributed by atoms with van der Waals surface area (Å²) in [5, 5.41) is 15.9. The summed E-state index contributed by atoms with van der Waals surface area (Å²) < 4.78 is 0. The Labute approximate surface area is 80.9 Å². The molecule has 1 fully saturated rings. The van der Waals surface area contributed by atoms with Gasteiger partial charge in [-0.05, 0) is 25.9 Å². The van der Waals surface area contributed by atoms with Gasteiger partial charge in [0.25, 0.3) is 0 Å². The summed E-state index contributed by atoms with van der Waals surface area (Å²) in [6.07, 6.45) is 2.42. The van der Waals surface area contributed by atoms with E-state index in [0.717, 1.165) is 19.6 Å². The molecule has 78 valence electrons. The molecule has 1 saturated heterocycles. The van der Waals surface area contributed by atoms with Gasteiger partial charge >= 0.3 is 0 Å². The number of hydrogen-bond acceptors (Lipinski definition) is 3. The molecule has 3 N–H and O–H groups in total. The van der Waals surface area contributed by atoms with Crippen molar-refractivity contribution >= 4 is 0 Å². The van der Waals surface area contributed by atoms with Crippen molar-refractivity contribution in [1.29, 1.82) is 0 Å². The molecule has 0 aromatic carbocycles. The Morgan fingerprint density at radius 2 is 2.00 bits per heavy atom. The molecule has 13 heavy (non-hydrogen) atoms. The molecule has 1 rings (SSSR count). The molecule has 3 nitrogen and oxygen atoms in total. The lowest BCUT2D eigenvalue weighted by Crippen LogP contribution is -2.44. The molecule has 0 spiro atoms. The second-order valence-corrected chi connectivity index (χ2v) is 4.73. The third-order valence-corrected chi connectivity index (χ3v) is 2.64. The molecule has 0 saturated carbocycles. The molecule has 1 aliphatic heterocycles. The Morgan fingerprint density at radius 3 is 2.54 bits per heavy atom. The van der Waals surface area contributed by atoms with Crippen LogP contribution in [-0.4, -0.2) is 37.4 Å². The second-order valence-electron chi connectivity index (χ2n) is 4.73. The van der Waals surface area contributed by atoms with Crippen molar-refractivity contribution in [1.82, 2.24) is 10.6 Å². The van der Waals surface area contributed by atoms with Gasteiger partial charge in [0, 0.05) is 24.6 Å². The first kappa shape index (κ1) is 11.0. The first-order valence-corrected chi connectivity index (χ1v) is 5.19. The summed E-state index contributed by atoms with van der Waals surface area (Å²) in [5.74, 6) is 0. The molecule has 0 unspecified atom stereocenters. The van der Waals surface area contributed by atoms with Crippen LogP contribution in [0.1, 0.15) is 26.7 Å². The standard InChI is InChI=1S/C10H22N2O/c1-10(2,8-13)7-12-9-3-5-11-6-4-9/h9,11-13H,3-8H2,1-2H3. The summed E-state index contributed by atoms with van der Waals surface area (Å²) in [5.41, 5.74) is 0.0187. The van der Waals surface area contributed by atoms with E-state index in [4.69, 9.17) is 5.11 Å². The van der Waals surface area contributed by atoms with Crippen LogP contribution in [0.2, 0.25) is 0 Å². The quantitative estimate of drug-likeness (QED) is 0.593. The highest BCUT2D eigenvalue weighted by atomic mass is 16.3. The number of hydrogen-bond donors (Lipinski definition) is 3. The van der Waals surface area contributed by atoms with Gasteiger partial charge in [-0.15, -0.1) is 0 Å². The number of rotatable bonds is 4. The molecule has 1 aliphatic rings. The van der Waals surface area contributed by atoms with Gasteiger partial charge < -0.3 is 15.7 Å². The Morgan fingerprint density at radius 1 is 1.38 bits per heavy atom. The van der Waals surface area contributed by atoms with E-state index >= 15 is 0 Å². The average Bonchev–Trinajstić information content (AvgIpc) is 2.17. The minimum atomic E-state index is 0.0187. The van der Waals surface area contributed by atoms with Crippen molar-refractivity contribution in [2.24, 2.45) is 5.41 Å². The molecular formula is C10H22N2O. The number of piperidine rings is 1. The predicted octanol–water partition coefficient (Wildman–Crippen LogP) is 0.346. The minimum absolute atomic E-state index is 0.0187. The molecule has 0 aromatic rings. The lowest BCUT2D eigenvalue weighted by molar-refractivity contribution is 0.150. The van der Waals surface area contributed by atoms with Crippen molar-refractivity contribution in [2.45, 2.75) is 32.7 Å². The molecular weight excluding hydrogens is 164 g/mol. The van der Waals surface area contributed by atoms with Gasteiger partial charge in [-0.25, -0.2) is 0 Å². The fourth-order valence-corrected chi connectivity index (χ4v) is 1.50. The van der Waals surface area contributed by atoms with Gasteiger partial charge in [0.2, 0.25) is 0 Å². The Hall–Kier alpha value is -0.120. The summed E-state index contributed by atoms with van der Waals surface area (Å²) in [7, 11) is 0. The topological polar surface area (TPSA) is 44.3 Å². The van der Waals surface area contributed by atoms with Crippen LogP contribution in [0.25, 0.3) is 0 Å². The van der Waals surface area contributed by atoms with Crippen molar-refractivity contribution in [3.63, 3.8) is 0 Å². The summed E-state index contributed by atoms with van der Waals surface area (Å²) in [6, 6.07) is 0.645. The highest BCUT2D eigenvalue weighted by Gasteiger charge is 2.19. The molecule has 0 atom stereocenters. The average molecular weight is 186 g/mol. The zero-order valence-corrected chi connectivity index (χ0v) is 8.77.